The number of hydrogen-bond acceptors (Lipinski definition) is 2. The molecule has 20 heavy (non-hydrogen) atoms. The van der Waals surface area contributed by atoms with Gasteiger partial charge in [0.2, 0.25) is 11.8 Å². The van der Waals surface area contributed by atoms with Crippen molar-refractivity contribution in [3.8, 4) is 0 Å². The fourth-order valence-corrected chi connectivity index (χ4v) is 2.58. The Bertz CT molecular complexity index is 550. The molecule has 0 spiro atoms. The maximum atomic E-state index is 13.4. The molecule has 1 aromatic rings. The molecule has 0 aliphatic carbocycles. The summed E-state index contributed by atoms with van der Waals surface area (Å²) in [6.07, 6.45) is 0.908. The number of anilines is 1. The Morgan fingerprint density at radius 1 is 1.30 bits per heavy atom. The Hall–Kier alpha value is -1.62. The SMILES string of the molecule is CCC1NC(=O)C(CC)N(c2cc(F)ccc2Cl)C1=O. The van der Waals surface area contributed by atoms with Crippen LogP contribution in [0.5, 0.6) is 0 Å². The highest BCUT2D eigenvalue weighted by Gasteiger charge is 2.40. The number of rotatable bonds is 3. The van der Waals surface area contributed by atoms with Crippen LogP contribution in [-0.4, -0.2) is 23.9 Å². The monoisotopic (exact) mass is 298 g/mol. The van der Waals surface area contributed by atoms with Crippen molar-refractivity contribution in [1.29, 1.82) is 0 Å². The van der Waals surface area contributed by atoms with Crippen molar-refractivity contribution in [1.82, 2.24) is 5.32 Å². The summed E-state index contributed by atoms with van der Waals surface area (Å²) in [5, 5.41) is 2.94. The van der Waals surface area contributed by atoms with Crippen molar-refractivity contribution >= 4 is 29.1 Å². The van der Waals surface area contributed by atoms with Gasteiger partial charge in [-0.25, -0.2) is 4.39 Å². The second-order valence-electron chi connectivity index (χ2n) is 4.70. The van der Waals surface area contributed by atoms with Crippen LogP contribution in [0.3, 0.4) is 0 Å². The highest BCUT2D eigenvalue weighted by atomic mass is 35.5. The van der Waals surface area contributed by atoms with Gasteiger partial charge in [-0.2, -0.15) is 0 Å². The third-order valence-corrected chi connectivity index (χ3v) is 3.75. The summed E-state index contributed by atoms with van der Waals surface area (Å²) in [5.74, 6) is -0.989. The van der Waals surface area contributed by atoms with E-state index in [0.29, 0.717) is 12.8 Å². The molecule has 2 unspecified atom stereocenters. The smallest absolute Gasteiger partial charge is 0.250 e. The van der Waals surface area contributed by atoms with Gasteiger partial charge >= 0.3 is 0 Å². The highest BCUT2D eigenvalue weighted by molar-refractivity contribution is 6.34. The van der Waals surface area contributed by atoms with Crippen LogP contribution in [0, 0.1) is 5.82 Å². The van der Waals surface area contributed by atoms with E-state index in [-0.39, 0.29) is 22.5 Å². The minimum atomic E-state index is -0.662. The van der Waals surface area contributed by atoms with Gasteiger partial charge in [-0.15, -0.1) is 0 Å². The van der Waals surface area contributed by atoms with Crippen molar-refractivity contribution in [3.63, 3.8) is 0 Å². The molecule has 2 amide bonds. The summed E-state index contributed by atoms with van der Waals surface area (Å²) in [4.78, 5) is 25.9. The highest BCUT2D eigenvalue weighted by Crippen LogP contribution is 2.31. The normalized spacial score (nSPS) is 22.9. The average Bonchev–Trinajstić information content (AvgIpc) is 2.43. The predicted octanol–water partition coefficient (Wildman–Crippen LogP) is 2.50. The summed E-state index contributed by atoms with van der Waals surface area (Å²) < 4.78 is 13.4. The van der Waals surface area contributed by atoms with Crippen LogP contribution in [0.2, 0.25) is 5.02 Å². The van der Waals surface area contributed by atoms with E-state index in [4.69, 9.17) is 11.6 Å². The number of hydrogen-bond donors (Lipinski definition) is 1. The molecule has 1 saturated heterocycles. The standard InChI is InChI=1S/C14H16ClFN2O2/c1-3-10-14(20)18(11(4-2)13(19)17-10)12-7-8(16)5-6-9(12)15/h5-7,10-11H,3-4H2,1-2H3,(H,17,19). The van der Waals surface area contributed by atoms with Gasteiger partial charge in [0.1, 0.15) is 17.9 Å². The topological polar surface area (TPSA) is 49.4 Å². The van der Waals surface area contributed by atoms with E-state index in [9.17, 15) is 14.0 Å². The van der Waals surface area contributed by atoms with E-state index in [0.717, 1.165) is 0 Å². The zero-order valence-electron chi connectivity index (χ0n) is 11.3. The van der Waals surface area contributed by atoms with Gasteiger partial charge in [0.05, 0.1) is 10.7 Å². The van der Waals surface area contributed by atoms with E-state index >= 15 is 0 Å². The quantitative estimate of drug-likeness (QED) is 0.932. The summed E-state index contributed by atoms with van der Waals surface area (Å²) in [6.45, 7) is 3.60. The van der Waals surface area contributed by atoms with E-state index in [2.05, 4.69) is 5.32 Å². The molecule has 0 saturated carbocycles. The van der Waals surface area contributed by atoms with Crippen LogP contribution >= 0.6 is 11.6 Å². The van der Waals surface area contributed by atoms with Crippen LogP contribution in [0.1, 0.15) is 26.7 Å². The first kappa shape index (κ1) is 14.8. The fourth-order valence-electron chi connectivity index (χ4n) is 2.37. The number of carbonyl (C=O) groups is 2. The molecule has 0 radical (unpaired) electrons. The summed E-state index contributed by atoms with van der Waals surface area (Å²) >= 11 is 6.06. The minimum Gasteiger partial charge on any atom is -0.342 e. The Kier molecular flexibility index (Phi) is 4.28. The Morgan fingerprint density at radius 3 is 2.60 bits per heavy atom. The predicted molar refractivity (Wildman–Crippen MR) is 75.2 cm³/mol. The number of carbonyl (C=O) groups excluding carboxylic acids is 2. The maximum absolute atomic E-state index is 13.4. The third-order valence-electron chi connectivity index (χ3n) is 3.43. The lowest BCUT2D eigenvalue weighted by Gasteiger charge is -2.38. The zero-order chi connectivity index (χ0) is 14.9. The van der Waals surface area contributed by atoms with Crippen molar-refractivity contribution in [2.45, 2.75) is 38.8 Å². The average molecular weight is 299 g/mol. The first-order valence-electron chi connectivity index (χ1n) is 6.58. The van der Waals surface area contributed by atoms with Crippen molar-refractivity contribution in [3.05, 3.63) is 29.0 Å². The van der Waals surface area contributed by atoms with Gasteiger partial charge in [-0.05, 0) is 31.0 Å². The number of nitrogens with zero attached hydrogens (tertiary/aromatic N) is 1. The lowest BCUT2D eigenvalue weighted by atomic mass is 10.0. The second-order valence-corrected chi connectivity index (χ2v) is 5.10. The number of amides is 2. The number of halogens is 2. The molecular formula is C14H16ClFN2O2. The molecule has 1 aromatic carbocycles. The van der Waals surface area contributed by atoms with Crippen LogP contribution in [0.15, 0.2) is 18.2 Å². The number of benzene rings is 1. The molecule has 4 nitrogen and oxygen atoms in total. The van der Waals surface area contributed by atoms with Crippen molar-refractivity contribution in [2.75, 3.05) is 4.90 Å². The molecule has 6 heteroatoms. The molecule has 1 fully saturated rings. The van der Waals surface area contributed by atoms with E-state index in [1.165, 1.54) is 23.1 Å². The second kappa shape index (κ2) is 5.79. The minimum absolute atomic E-state index is 0.237. The summed E-state index contributed by atoms with van der Waals surface area (Å²) in [7, 11) is 0. The summed E-state index contributed by atoms with van der Waals surface area (Å²) in [6, 6.07) is 2.54. The molecule has 1 N–H and O–H groups in total. The third kappa shape index (κ3) is 2.50. The van der Waals surface area contributed by atoms with Crippen LogP contribution in [-0.2, 0) is 9.59 Å². The van der Waals surface area contributed by atoms with Crippen molar-refractivity contribution < 1.29 is 14.0 Å². The van der Waals surface area contributed by atoms with Gasteiger partial charge in [-0.1, -0.05) is 25.4 Å². The first-order valence-corrected chi connectivity index (χ1v) is 6.95. The maximum Gasteiger partial charge on any atom is 0.250 e. The molecule has 0 aromatic heterocycles. The lowest BCUT2D eigenvalue weighted by molar-refractivity contribution is -0.134. The Labute approximate surface area is 121 Å². The molecule has 2 atom stereocenters. The Balaban J connectivity index is 2.50. The van der Waals surface area contributed by atoms with Crippen LogP contribution in [0.25, 0.3) is 0 Å². The van der Waals surface area contributed by atoms with Gasteiger partial charge in [0.15, 0.2) is 0 Å². The molecule has 1 aliphatic rings. The molecule has 0 bridgehead atoms. The number of nitrogens with one attached hydrogen (secondary N) is 1. The molecule has 108 valence electrons. The van der Waals surface area contributed by atoms with E-state index in [1.807, 2.05) is 0 Å². The number of piperazine rings is 1. The summed E-state index contributed by atoms with van der Waals surface area (Å²) in [5.41, 5.74) is 0.247. The van der Waals surface area contributed by atoms with Gasteiger partial charge in [0, 0.05) is 0 Å². The largest absolute Gasteiger partial charge is 0.342 e. The molecule has 1 aliphatic heterocycles. The Morgan fingerprint density at radius 2 is 2.00 bits per heavy atom. The van der Waals surface area contributed by atoms with Gasteiger partial charge in [-0.3, -0.25) is 14.5 Å². The lowest BCUT2D eigenvalue weighted by Crippen LogP contribution is -2.63. The van der Waals surface area contributed by atoms with Crippen LogP contribution in [0.4, 0.5) is 10.1 Å². The molecular weight excluding hydrogens is 283 g/mol. The van der Waals surface area contributed by atoms with E-state index < -0.39 is 17.9 Å². The van der Waals surface area contributed by atoms with Crippen LogP contribution < -0.4 is 10.2 Å². The zero-order valence-corrected chi connectivity index (χ0v) is 12.1. The van der Waals surface area contributed by atoms with E-state index in [1.54, 1.807) is 13.8 Å². The van der Waals surface area contributed by atoms with Gasteiger partial charge in [0.25, 0.3) is 0 Å². The molecule has 2 rings (SSSR count). The fraction of sp³-hybridized carbons (Fsp3) is 0.429. The first-order chi connectivity index (χ1) is 9.49. The molecule has 1 heterocycles. The van der Waals surface area contributed by atoms with Crippen molar-refractivity contribution in [2.24, 2.45) is 0 Å². The van der Waals surface area contributed by atoms with Gasteiger partial charge < -0.3 is 5.32 Å².